The third kappa shape index (κ3) is 2.71. The lowest BCUT2D eigenvalue weighted by molar-refractivity contribution is -0.144. The number of esters is 1. The number of aromatic nitrogens is 2. The van der Waals surface area contributed by atoms with Gasteiger partial charge in [-0.1, -0.05) is 0 Å². The molecule has 1 aromatic heterocycles. The lowest BCUT2D eigenvalue weighted by Crippen LogP contribution is -2.11. The Bertz CT molecular complexity index is 370. The summed E-state index contributed by atoms with van der Waals surface area (Å²) < 4.78 is 41.9. The Labute approximate surface area is 83.6 Å². The van der Waals surface area contributed by atoms with Crippen molar-refractivity contribution in [2.24, 2.45) is 7.05 Å². The highest BCUT2D eigenvalue weighted by molar-refractivity contribution is 5.71. The summed E-state index contributed by atoms with van der Waals surface area (Å²) in [6, 6.07) is 0.830. The number of nitrogens with zero attached hydrogens (tertiary/aromatic N) is 2. The van der Waals surface area contributed by atoms with Crippen molar-refractivity contribution in [3.8, 4) is 0 Å². The Balaban J connectivity index is 2.91. The number of rotatable bonds is 2. The van der Waals surface area contributed by atoms with E-state index in [1.807, 2.05) is 0 Å². The van der Waals surface area contributed by atoms with Crippen molar-refractivity contribution in [2.45, 2.75) is 12.6 Å². The SMILES string of the molecule is COC(=O)Cc1cc(C(F)(F)F)n(C)n1. The molecule has 0 saturated heterocycles. The van der Waals surface area contributed by atoms with Crippen LogP contribution >= 0.6 is 0 Å². The van der Waals surface area contributed by atoms with Crippen molar-refractivity contribution in [1.82, 2.24) is 9.78 Å². The molecule has 0 aliphatic heterocycles. The molecule has 0 saturated carbocycles. The van der Waals surface area contributed by atoms with Gasteiger partial charge in [-0.2, -0.15) is 18.3 Å². The molecule has 0 amide bonds. The molecule has 1 rings (SSSR count). The van der Waals surface area contributed by atoms with E-state index in [0.717, 1.165) is 13.2 Å². The average Bonchev–Trinajstić information content (AvgIpc) is 2.45. The van der Waals surface area contributed by atoms with Crippen LogP contribution in [-0.4, -0.2) is 22.9 Å². The van der Waals surface area contributed by atoms with E-state index in [9.17, 15) is 18.0 Å². The Morgan fingerprint density at radius 2 is 2.20 bits per heavy atom. The van der Waals surface area contributed by atoms with Gasteiger partial charge in [0.05, 0.1) is 19.2 Å². The molecule has 15 heavy (non-hydrogen) atoms. The summed E-state index contributed by atoms with van der Waals surface area (Å²) in [7, 11) is 2.33. The first-order valence-corrected chi connectivity index (χ1v) is 4.01. The first-order chi connectivity index (χ1) is 6.84. The molecule has 0 aromatic carbocycles. The second-order valence-corrected chi connectivity index (χ2v) is 2.90. The van der Waals surface area contributed by atoms with Gasteiger partial charge >= 0.3 is 12.1 Å². The quantitative estimate of drug-likeness (QED) is 0.705. The number of halogens is 3. The highest BCUT2D eigenvalue weighted by atomic mass is 19.4. The molecule has 4 nitrogen and oxygen atoms in total. The number of hydrogen-bond donors (Lipinski definition) is 0. The number of hydrogen-bond acceptors (Lipinski definition) is 3. The molecular formula is C8H9F3N2O2. The van der Waals surface area contributed by atoms with Crippen molar-refractivity contribution < 1.29 is 22.7 Å². The topological polar surface area (TPSA) is 44.1 Å². The summed E-state index contributed by atoms with van der Waals surface area (Å²) in [5, 5.41) is 3.56. The maximum absolute atomic E-state index is 12.3. The predicted molar refractivity (Wildman–Crippen MR) is 43.9 cm³/mol. The van der Waals surface area contributed by atoms with Crippen molar-refractivity contribution in [3.05, 3.63) is 17.5 Å². The summed E-state index contributed by atoms with van der Waals surface area (Å²) in [6.45, 7) is 0. The fraction of sp³-hybridized carbons (Fsp3) is 0.500. The molecule has 0 aliphatic rings. The number of alkyl halides is 3. The van der Waals surface area contributed by atoms with E-state index in [0.29, 0.717) is 4.68 Å². The van der Waals surface area contributed by atoms with Crippen LogP contribution in [0.1, 0.15) is 11.4 Å². The fourth-order valence-corrected chi connectivity index (χ4v) is 1.10. The third-order valence-electron chi connectivity index (χ3n) is 1.77. The zero-order valence-corrected chi connectivity index (χ0v) is 8.13. The average molecular weight is 222 g/mol. The molecule has 0 unspecified atom stereocenters. The summed E-state index contributed by atoms with van der Waals surface area (Å²) in [5.41, 5.74) is -0.849. The standard InChI is InChI=1S/C8H9F3N2O2/c1-13-6(8(9,10)11)3-5(12-13)4-7(14)15-2/h3H,4H2,1-2H3. The largest absolute Gasteiger partial charge is 0.469 e. The van der Waals surface area contributed by atoms with E-state index in [1.54, 1.807) is 0 Å². The smallest absolute Gasteiger partial charge is 0.433 e. The molecule has 0 N–H and O–H groups in total. The maximum atomic E-state index is 12.3. The molecule has 1 aromatic rings. The van der Waals surface area contributed by atoms with Gasteiger partial charge in [0.25, 0.3) is 0 Å². The van der Waals surface area contributed by atoms with E-state index in [4.69, 9.17) is 0 Å². The number of ether oxygens (including phenoxy) is 1. The van der Waals surface area contributed by atoms with Crippen LogP contribution in [-0.2, 0) is 29.2 Å². The van der Waals surface area contributed by atoms with E-state index >= 15 is 0 Å². The van der Waals surface area contributed by atoms with Gasteiger partial charge in [0, 0.05) is 7.05 Å². The normalized spacial score (nSPS) is 11.5. The fourth-order valence-electron chi connectivity index (χ4n) is 1.10. The maximum Gasteiger partial charge on any atom is 0.433 e. The van der Waals surface area contributed by atoms with Crippen molar-refractivity contribution in [3.63, 3.8) is 0 Å². The zero-order valence-electron chi connectivity index (χ0n) is 8.13. The highest BCUT2D eigenvalue weighted by Gasteiger charge is 2.35. The molecule has 84 valence electrons. The minimum absolute atomic E-state index is 0.0386. The molecular weight excluding hydrogens is 213 g/mol. The van der Waals surface area contributed by atoms with Crippen LogP contribution in [0.4, 0.5) is 13.2 Å². The third-order valence-corrected chi connectivity index (χ3v) is 1.77. The van der Waals surface area contributed by atoms with Crippen LogP contribution in [0.2, 0.25) is 0 Å². The van der Waals surface area contributed by atoms with E-state index in [-0.39, 0.29) is 12.1 Å². The second kappa shape index (κ2) is 3.92. The van der Waals surface area contributed by atoms with Gasteiger partial charge in [-0.05, 0) is 6.07 Å². The van der Waals surface area contributed by atoms with Crippen molar-refractivity contribution in [1.29, 1.82) is 0 Å². The van der Waals surface area contributed by atoms with Crippen LogP contribution in [0.25, 0.3) is 0 Å². The zero-order chi connectivity index (χ0) is 11.6. The number of carbonyl (C=O) groups excluding carboxylic acids is 1. The Morgan fingerprint density at radius 1 is 1.60 bits per heavy atom. The highest BCUT2D eigenvalue weighted by Crippen LogP contribution is 2.29. The monoisotopic (exact) mass is 222 g/mol. The first-order valence-electron chi connectivity index (χ1n) is 4.01. The molecule has 0 spiro atoms. The predicted octanol–water partition coefficient (Wildman–Crippen LogP) is 1.15. The van der Waals surface area contributed by atoms with Gasteiger partial charge < -0.3 is 4.74 Å². The lowest BCUT2D eigenvalue weighted by atomic mass is 10.3. The van der Waals surface area contributed by atoms with E-state index in [2.05, 4.69) is 9.84 Å². The van der Waals surface area contributed by atoms with Crippen LogP contribution < -0.4 is 0 Å². The van der Waals surface area contributed by atoms with Crippen LogP contribution in [0, 0.1) is 0 Å². The summed E-state index contributed by atoms with van der Waals surface area (Å²) >= 11 is 0. The first kappa shape index (κ1) is 11.5. The molecule has 0 atom stereocenters. The van der Waals surface area contributed by atoms with Gasteiger partial charge in [-0.25, -0.2) is 0 Å². The molecule has 0 bridgehead atoms. The van der Waals surface area contributed by atoms with Crippen molar-refractivity contribution >= 4 is 5.97 Å². The second-order valence-electron chi connectivity index (χ2n) is 2.90. The number of aryl methyl sites for hydroxylation is 1. The molecule has 0 radical (unpaired) electrons. The van der Waals surface area contributed by atoms with Gasteiger partial charge in [-0.15, -0.1) is 0 Å². The Kier molecular flexibility index (Phi) is 3.01. The minimum Gasteiger partial charge on any atom is -0.469 e. The Morgan fingerprint density at radius 3 is 2.60 bits per heavy atom. The lowest BCUT2D eigenvalue weighted by Gasteiger charge is -2.04. The minimum atomic E-state index is -4.46. The molecule has 0 fully saturated rings. The van der Waals surface area contributed by atoms with Gasteiger partial charge in [0.1, 0.15) is 5.69 Å². The number of methoxy groups -OCH3 is 1. The molecule has 0 aliphatic carbocycles. The van der Waals surface area contributed by atoms with Gasteiger partial charge in [-0.3, -0.25) is 9.48 Å². The van der Waals surface area contributed by atoms with Crippen LogP contribution in [0.5, 0.6) is 0 Å². The Hall–Kier alpha value is -1.53. The van der Waals surface area contributed by atoms with Crippen molar-refractivity contribution in [2.75, 3.05) is 7.11 Å². The summed E-state index contributed by atoms with van der Waals surface area (Å²) in [5.74, 6) is -0.623. The summed E-state index contributed by atoms with van der Waals surface area (Å²) in [6.07, 6.45) is -4.73. The van der Waals surface area contributed by atoms with Crippen LogP contribution in [0.3, 0.4) is 0 Å². The molecule has 7 heteroatoms. The van der Waals surface area contributed by atoms with Crippen LogP contribution in [0.15, 0.2) is 6.07 Å². The van der Waals surface area contributed by atoms with Gasteiger partial charge in [0.2, 0.25) is 0 Å². The van der Waals surface area contributed by atoms with E-state index < -0.39 is 17.8 Å². The number of carbonyl (C=O) groups is 1. The van der Waals surface area contributed by atoms with E-state index in [1.165, 1.54) is 7.05 Å². The molecule has 1 heterocycles. The summed E-state index contributed by atoms with van der Waals surface area (Å²) in [4.78, 5) is 10.8. The van der Waals surface area contributed by atoms with Gasteiger partial charge in [0.15, 0.2) is 0 Å².